The molecule has 0 aromatic heterocycles. The summed E-state index contributed by atoms with van der Waals surface area (Å²) >= 11 is 5.75. The van der Waals surface area contributed by atoms with Crippen molar-refractivity contribution >= 4 is 29.2 Å². The first kappa shape index (κ1) is 15.0. The molecule has 2 aromatic rings. The van der Waals surface area contributed by atoms with Crippen LogP contribution >= 0.6 is 11.6 Å². The van der Waals surface area contributed by atoms with Crippen molar-refractivity contribution < 1.29 is 18.7 Å². The molecule has 1 N–H and O–H groups in total. The molecule has 0 atom stereocenters. The van der Waals surface area contributed by atoms with Crippen molar-refractivity contribution in [2.24, 2.45) is 0 Å². The van der Waals surface area contributed by atoms with E-state index in [1.54, 1.807) is 18.2 Å². The number of methoxy groups -OCH3 is 1. The van der Waals surface area contributed by atoms with Gasteiger partial charge >= 0.3 is 5.97 Å². The minimum atomic E-state index is -0.673. The third-order valence-corrected chi connectivity index (χ3v) is 3.12. The van der Waals surface area contributed by atoms with E-state index in [-0.39, 0.29) is 10.6 Å². The molecule has 0 heterocycles. The van der Waals surface area contributed by atoms with E-state index in [0.29, 0.717) is 11.3 Å². The molecule has 6 heteroatoms. The highest BCUT2D eigenvalue weighted by Gasteiger charge is 2.14. The zero-order valence-corrected chi connectivity index (χ0v) is 11.8. The summed E-state index contributed by atoms with van der Waals surface area (Å²) in [4.78, 5) is 23.5. The smallest absolute Gasteiger partial charge is 0.337 e. The van der Waals surface area contributed by atoms with Crippen molar-refractivity contribution in [3.05, 3.63) is 64.4 Å². The van der Waals surface area contributed by atoms with E-state index in [0.717, 1.165) is 6.07 Å². The van der Waals surface area contributed by atoms with Gasteiger partial charge in [0.2, 0.25) is 0 Å². The van der Waals surface area contributed by atoms with E-state index in [9.17, 15) is 14.0 Å². The molecule has 0 fully saturated rings. The Kier molecular flexibility index (Phi) is 4.55. The van der Waals surface area contributed by atoms with E-state index in [1.807, 2.05) is 0 Å². The van der Waals surface area contributed by atoms with Crippen molar-refractivity contribution in [1.29, 1.82) is 0 Å². The molecule has 108 valence electrons. The number of carbonyl (C=O) groups excluding carboxylic acids is 2. The fourth-order valence-electron chi connectivity index (χ4n) is 1.72. The summed E-state index contributed by atoms with van der Waals surface area (Å²) in [5, 5.41) is 2.30. The van der Waals surface area contributed by atoms with Crippen LogP contribution in [0, 0.1) is 5.82 Å². The maximum Gasteiger partial charge on any atom is 0.337 e. The average molecular weight is 308 g/mol. The molecule has 0 radical (unpaired) electrons. The zero-order valence-electron chi connectivity index (χ0n) is 11.0. The molecule has 2 rings (SSSR count). The number of ether oxygens (including phenoxy) is 1. The summed E-state index contributed by atoms with van der Waals surface area (Å²) < 4.78 is 17.9. The number of nitrogens with one attached hydrogen (secondary N) is 1. The normalized spacial score (nSPS) is 10.0. The Bertz CT molecular complexity index is 703. The van der Waals surface area contributed by atoms with Gasteiger partial charge in [0.25, 0.3) is 5.91 Å². The van der Waals surface area contributed by atoms with Gasteiger partial charge in [0.15, 0.2) is 0 Å². The topological polar surface area (TPSA) is 55.4 Å². The summed E-state index contributed by atoms with van der Waals surface area (Å²) in [5.41, 5.74) is 0.684. The Labute approximate surface area is 125 Å². The highest BCUT2D eigenvalue weighted by atomic mass is 35.5. The number of benzene rings is 2. The lowest BCUT2D eigenvalue weighted by atomic mass is 10.1. The molecule has 2 aromatic carbocycles. The van der Waals surface area contributed by atoms with Crippen LogP contribution in [-0.2, 0) is 4.74 Å². The van der Waals surface area contributed by atoms with Gasteiger partial charge in [-0.05, 0) is 30.3 Å². The van der Waals surface area contributed by atoms with Crippen LogP contribution in [-0.4, -0.2) is 19.0 Å². The average Bonchev–Trinajstić information content (AvgIpc) is 2.49. The quantitative estimate of drug-likeness (QED) is 0.883. The minimum Gasteiger partial charge on any atom is -0.465 e. The molecule has 0 aliphatic heterocycles. The monoisotopic (exact) mass is 307 g/mol. The summed E-state index contributed by atoms with van der Waals surface area (Å²) in [6.45, 7) is 0. The molecule has 0 bridgehead atoms. The highest BCUT2D eigenvalue weighted by Crippen LogP contribution is 2.21. The second-order valence-electron chi connectivity index (χ2n) is 4.13. The second kappa shape index (κ2) is 6.37. The number of carbonyl (C=O) groups is 2. The SMILES string of the molecule is COC(=O)c1cccc(NC(=O)c2cccc(F)c2Cl)c1. The Morgan fingerprint density at radius 3 is 2.62 bits per heavy atom. The lowest BCUT2D eigenvalue weighted by Crippen LogP contribution is -2.13. The fraction of sp³-hybridized carbons (Fsp3) is 0.0667. The van der Waals surface area contributed by atoms with E-state index in [1.165, 1.54) is 25.3 Å². The maximum atomic E-state index is 13.3. The van der Waals surface area contributed by atoms with Crippen molar-refractivity contribution in [2.75, 3.05) is 12.4 Å². The van der Waals surface area contributed by atoms with Gasteiger partial charge in [-0.3, -0.25) is 4.79 Å². The molecule has 0 unspecified atom stereocenters. The van der Waals surface area contributed by atoms with Crippen LogP contribution in [0.1, 0.15) is 20.7 Å². The Balaban J connectivity index is 2.24. The van der Waals surface area contributed by atoms with Gasteiger partial charge in [0.05, 0.1) is 23.3 Å². The van der Waals surface area contributed by atoms with Gasteiger partial charge in [-0.15, -0.1) is 0 Å². The van der Waals surface area contributed by atoms with Crippen LogP contribution in [0.5, 0.6) is 0 Å². The van der Waals surface area contributed by atoms with Crippen LogP contribution in [0.25, 0.3) is 0 Å². The molecule has 0 spiro atoms. The Morgan fingerprint density at radius 2 is 1.90 bits per heavy atom. The Hall–Kier alpha value is -2.40. The van der Waals surface area contributed by atoms with Crippen LogP contribution < -0.4 is 5.32 Å². The van der Waals surface area contributed by atoms with Gasteiger partial charge in [-0.2, -0.15) is 0 Å². The molecule has 21 heavy (non-hydrogen) atoms. The predicted octanol–water partition coefficient (Wildman–Crippen LogP) is 3.52. The van der Waals surface area contributed by atoms with Gasteiger partial charge in [0, 0.05) is 5.69 Å². The molecular formula is C15H11ClFNO3. The van der Waals surface area contributed by atoms with Crippen molar-refractivity contribution in [3.8, 4) is 0 Å². The summed E-state index contributed by atoms with van der Waals surface area (Å²) in [5.74, 6) is -1.76. The van der Waals surface area contributed by atoms with Crippen LogP contribution in [0.15, 0.2) is 42.5 Å². The summed E-state index contributed by atoms with van der Waals surface area (Å²) in [6, 6.07) is 10.2. The van der Waals surface area contributed by atoms with Gasteiger partial charge in [-0.1, -0.05) is 23.7 Å². The lowest BCUT2D eigenvalue weighted by Gasteiger charge is -2.08. The van der Waals surface area contributed by atoms with E-state index < -0.39 is 17.7 Å². The van der Waals surface area contributed by atoms with Gasteiger partial charge in [0.1, 0.15) is 5.82 Å². The zero-order chi connectivity index (χ0) is 15.4. The second-order valence-corrected chi connectivity index (χ2v) is 4.51. The van der Waals surface area contributed by atoms with Crippen molar-refractivity contribution in [3.63, 3.8) is 0 Å². The number of esters is 1. The number of amides is 1. The number of anilines is 1. The van der Waals surface area contributed by atoms with E-state index in [4.69, 9.17) is 11.6 Å². The molecule has 0 aliphatic carbocycles. The highest BCUT2D eigenvalue weighted by molar-refractivity contribution is 6.34. The number of hydrogen-bond acceptors (Lipinski definition) is 3. The predicted molar refractivity (Wildman–Crippen MR) is 77.1 cm³/mol. The van der Waals surface area contributed by atoms with Crippen LogP contribution in [0.3, 0.4) is 0 Å². The molecule has 0 saturated heterocycles. The maximum absolute atomic E-state index is 13.3. The molecule has 4 nitrogen and oxygen atoms in total. The largest absolute Gasteiger partial charge is 0.465 e. The third kappa shape index (κ3) is 3.38. The molecular weight excluding hydrogens is 297 g/mol. The number of hydrogen-bond donors (Lipinski definition) is 1. The van der Waals surface area contributed by atoms with Gasteiger partial charge in [-0.25, -0.2) is 9.18 Å². The Morgan fingerprint density at radius 1 is 1.19 bits per heavy atom. The summed E-state index contributed by atoms with van der Waals surface area (Å²) in [6.07, 6.45) is 0. The van der Waals surface area contributed by atoms with Gasteiger partial charge < -0.3 is 10.1 Å². The van der Waals surface area contributed by atoms with Crippen LogP contribution in [0.2, 0.25) is 5.02 Å². The number of rotatable bonds is 3. The van der Waals surface area contributed by atoms with E-state index in [2.05, 4.69) is 10.1 Å². The molecule has 0 aliphatic rings. The first-order valence-electron chi connectivity index (χ1n) is 5.96. The minimum absolute atomic E-state index is 0.0140. The number of halogens is 2. The fourth-order valence-corrected chi connectivity index (χ4v) is 1.93. The first-order chi connectivity index (χ1) is 10.0. The third-order valence-electron chi connectivity index (χ3n) is 2.74. The molecule has 0 saturated carbocycles. The van der Waals surface area contributed by atoms with Crippen LogP contribution in [0.4, 0.5) is 10.1 Å². The van der Waals surface area contributed by atoms with Crippen molar-refractivity contribution in [2.45, 2.75) is 0 Å². The first-order valence-corrected chi connectivity index (χ1v) is 6.34. The van der Waals surface area contributed by atoms with E-state index >= 15 is 0 Å². The lowest BCUT2D eigenvalue weighted by molar-refractivity contribution is 0.0600. The standard InChI is InChI=1S/C15H11ClFNO3/c1-21-15(20)9-4-2-5-10(8-9)18-14(19)11-6-3-7-12(17)13(11)16/h2-8H,1H3,(H,18,19). The summed E-state index contributed by atoms with van der Waals surface area (Å²) in [7, 11) is 1.26. The van der Waals surface area contributed by atoms with Crippen molar-refractivity contribution in [1.82, 2.24) is 0 Å². The molecule has 1 amide bonds.